The van der Waals surface area contributed by atoms with Crippen LogP contribution in [0, 0.1) is 15.5 Å². The smallest absolute Gasteiger partial charge is 0.285 e. The fourth-order valence-corrected chi connectivity index (χ4v) is 2.58. The standard InChI is InChI=1S/C14H20N4O4.ClH/c1-14(2)9-16(6-5-11(14)15)13(20)8-17-7-10(18(21)22)3-4-12(17)19;/h3-4,7,11H,5-6,8-9,15H2,1-2H3;1H. The Balaban J connectivity index is 0.00000264. The van der Waals surface area contributed by atoms with E-state index in [-0.39, 0.29) is 42.0 Å². The second-order valence-corrected chi connectivity index (χ2v) is 6.31. The SMILES string of the molecule is CC1(C)CN(C(=O)Cn2cc([N+](=O)[O-])ccc2=O)CCC1N.Cl. The largest absolute Gasteiger partial charge is 0.340 e. The van der Waals surface area contributed by atoms with Crippen LogP contribution in [0.2, 0.25) is 0 Å². The predicted octanol–water partition coefficient (Wildman–Crippen LogP) is 0.764. The molecule has 0 aliphatic carbocycles. The molecule has 0 radical (unpaired) electrons. The summed E-state index contributed by atoms with van der Waals surface area (Å²) in [5.74, 6) is -0.234. The molecule has 2 heterocycles. The first kappa shape index (κ1) is 19.1. The van der Waals surface area contributed by atoms with Gasteiger partial charge >= 0.3 is 0 Å². The number of amides is 1. The van der Waals surface area contributed by atoms with Gasteiger partial charge in [0.25, 0.3) is 11.2 Å². The topological polar surface area (TPSA) is 111 Å². The molecule has 0 aromatic carbocycles. The van der Waals surface area contributed by atoms with Crippen molar-refractivity contribution in [1.29, 1.82) is 0 Å². The van der Waals surface area contributed by atoms with Crippen LogP contribution >= 0.6 is 12.4 Å². The van der Waals surface area contributed by atoms with Gasteiger partial charge < -0.3 is 10.6 Å². The Kier molecular flexibility index (Phi) is 5.90. The lowest BCUT2D eigenvalue weighted by molar-refractivity contribution is -0.385. The van der Waals surface area contributed by atoms with E-state index in [1.165, 1.54) is 0 Å². The number of rotatable bonds is 3. The monoisotopic (exact) mass is 344 g/mol. The van der Waals surface area contributed by atoms with Gasteiger partial charge in [0.2, 0.25) is 5.91 Å². The number of hydrogen-bond acceptors (Lipinski definition) is 5. The molecule has 0 saturated carbocycles. The van der Waals surface area contributed by atoms with Gasteiger partial charge in [0, 0.05) is 31.3 Å². The van der Waals surface area contributed by atoms with Crippen LogP contribution in [0.5, 0.6) is 0 Å². The van der Waals surface area contributed by atoms with Crippen LogP contribution in [0.3, 0.4) is 0 Å². The Bertz CT molecular complexity index is 658. The molecule has 0 bridgehead atoms. The molecule has 128 valence electrons. The van der Waals surface area contributed by atoms with Gasteiger partial charge in [0.1, 0.15) is 6.54 Å². The summed E-state index contributed by atoms with van der Waals surface area (Å²) in [6, 6.07) is 2.26. The molecule has 9 heteroatoms. The van der Waals surface area contributed by atoms with Gasteiger partial charge in [-0.3, -0.25) is 24.3 Å². The van der Waals surface area contributed by atoms with Crippen LogP contribution in [0.25, 0.3) is 0 Å². The molecule has 2 rings (SSSR count). The summed E-state index contributed by atoms with van der Waals surface area (Å²) < 4.78 is 1.07. The lowest BCUT2D eigenvalue weighted by atomic mass is 9.79. The molecule has 1 aliphatic heterocycles. The molecular formula is C14H21ClN4O4. The third kappa shape index (κ3) is 4.29. The molecule has 1 aromatic rings. The van der Waals surface area contributed by atoms with E-state index in [1.54, 1.807) is 4.90 Å². The number of nitro groups is 1. The van der Waals surface area contributed by atoms with Crippen molar-refractivity contribution in [2.24, 2.45) is 11.1 Å². The fraction of sp³-hybridized carbons (Fsp3) is 0.571. The third-order valence-corrected chi connectivity index (χ3v) is 4.15. The van der Waals surface area contributed by atoms with Crippen molar-refractivity contribution >= 4 is 24.0 Å². The van der Waals surface area contributed by atoms with Crippen LogP contribution in [0.15, 0.2) is 23.1 Å². The van der Waals surface area contributed by atoms with Crippen molar-refractivity contribution in [3.8, 4) is 0 Å². The number of halogens is 1. The number of aromatic nitrogens is 1. The number of pyridine rings is 1. The van der Waals surface area contributed by atoms with E-state index < -0.39 is 10.5 Å². The van der Waals surface area contributed by atoms with E-state index in [2.05, 4.69) is 0 Å². The third-order valence-electron chi connectivity index (χ3n) is 4.15. The Morgan fingerprint density at radius 2 is 2.13 bits per heavy atom. The van der Waals surface area contributed by atoms with Crippen LogP contribution < -0.4 is 11.3 Å². The Morgan fingerprint density at radius 1 is 1.48 bits per heavy atom. The fourth-order valence-electron chi connectivity index (χ4n) is 2.58. The molecule has 1 aliphatic rings. The van der Waals surface area contributed by atoms with E-state index in [0.717, 1.165) is 22.9 Å². The molecule has 1 amide bonds. The number of carbonyl (C=O) groups excluding carboxylic acids is 1. The van der Waals surface area contributed by atoms with Gasteiger partial charge in [0.15, 0.2) is 0 Å². The van der Waals surface area contributed by atoms with Crippen molar-refractivity contribution in [1.82, 2.24) is 9.47 Å². The number of hydrogen-bond donors (Lipinski definition) is 1. The zero-order chi connectivity index (χ0) is 16.5. The van der Waals surface area contributed by atoms with Gasteiger partial charge in [-0.2, -0.15) is 0 Å². The normalized spacial score (nSPS) is 19.8. The summed E-state index contributed by atoms with van der Waals surface area (Å²) >= 11 is 0. The maximum Gasteiger partial charge on any atom is 0.285 e. The van der Waals surface area contributed by atoms with Gasteiger partial charge in [-0.15, -0.1) is 12.4 Å². The zero-order valence-corrected chi connectivity index (χ0v) is 13.9. The number of piperidine rings is 1. The lowest BCUT2D eigenvalue weighted by Crippen LogP contribution is -2.54. The maximum absolute atomic E-state index is 12.4. The highest BCUT2D eigenvalue weighted by molar-refractivity contribution is 5.85. The number of nitrogens with zero attached hydrogens (tertiary/aromatic N) is 3. The Hall–Kier alpha value is -1.93. The van der Waals surface area contributed by atoms with Crippen LogP contribution in [-0.4, -0.2) is 39.4 Å². The van der Waals surface area contributed by atoms with Crippen molar-refractivity contribution in [3.63, 3.8) is 0 Å². The first-order chi connectivity index (χ1) is 10.2. The highest BCUT2D eigenvalue weighted by atomic mass is 35.5. The first-order valence-corrected chi connectivity index (χ1v) is 7.09. The molecule has 1 aromatic heterocycles. The van der Waals surface area contributed by atoms with Gasteiger partial charge in [-0.25, -0.2) is 0 Å². The van der Waals surface area contributed by atoms with E-state index in [1.807, 2.05) is 13.8 Å². The Morgan fingerprint density at radius 3 is 2.70 bits per heavy atom. The average Bonchev–Trinajstić information content (AvgIpc) is 2.43. The van der Waals surface area contributed by atoms with E-state index in [4.69, 9.17) is 5.73 Å². The highest BCUT2D eigenvalue weighted by Gasteiger charge is 2.35. The molecule has 1 fully saturated rings. The summed E-state index contributed by atoms with van der Waals surface area (Å²) in [4.78, 5) is 35.9. The minimum atomic E-state index is -0.594. The van der Waals surface area contributed by atoms with Crippen LogP contribution in [0.4, 0.5) is 5.69 Å². The summed E-state index contributed by atoms with van der Waals surface area (Å²) in [6.45, 7) is 4.84. The zero-order valence-electron chi connectivity index (χ0n) is 13.1. The minimum absolute atomic E-state index is 0. The molecule has 8 nitrogen and oxygen atoms in total. The van der Waals surface area contributed by atoms with Gasteiger partial charge in [-0.05, 0) is 11.8 Å². The molecule has 1 unspecified atom stereocenters. The molecule has 1 atom stereocenters. The van der Waals surface area contributed by atoms with Crippen molar-refractivity contribution in [2.75, 3.05) is 13.1 Å². The van der Waals surface area contributed by atoms with Crippen LogP contribution in [0.1, 0.15) is 20.3 Å². The van der Waals surface area contributed by atoms with Crippen LogP contribution in [-0.2, 0) is 11.3 Å². The molecule has 1 saturated heterocycles. The predicted molar refractivity (Wildman–Crippen MR) is 87.6 cm³/mol. The van der Waals surface area contributed by atoms with Gasteiger partial charge in [-0.1, -0.05) is 13.8 Å². The van der Waals surface area contributed by atoms with Gasteiger partial charge in [0.05, 0.1) is 11.1 Å². The number of nitrogens with two attached hydrogens (primary N) is 1. The van der Waals surface area contributed by atoms with Crippen molar-refractivity contribution < 1.29 is 9.72 Å². The summed E-state index contributed by atoms with van der Waals surface area (Å²) in [5, 5.41) is 10.8. The van der Waals surface area contributed by atoms with E-state index in [0.29, 0.717) is 19.5 Å². The summed E-state index contributed by atoms with van der Waals surface area (Å²) in [6.07, 6.45) is 1.80. The highest BCUT2D eigenvalue weighted by Crippen LogP contribution is 2.27. The first-order valence-electron chi connectivity index (χ1n) is 7.09. The van der Waals surface area contributed by atoms with Crippen molar-refractivity contribution in [2.45, 2.75) is 32.9 Å². The number of likely N-dealkylation sites (tertiary alicyclic amines) is 1. The van der Waals surface area contributed by atoms with E-state index in [9.17, 15) is 19.7 Å². The summed E-state index contributed by atoms with van der Waals surface area (Å²) in [5.41, 5.74) is 5.19. The second kappa shape index (κ2) is 7.10. The molecular weight excluding hydrogens is 324 g/mol. The minimum Gasteiger partial charge on any atom is -0.340 e. The van der Waals surface area contributed by atoms with Crippen molar-refractivity contribution in [3.05, 3.63) is 38.8 Å². The molecule has 2 N–H and O–H groups in total. The second-order valence-electron chi connectivity index (χ2n) is 6.31. The quantitative estimate of drug-likeness (QED) is 0.642. The molecule has 23 heavy (non-hydrogen) atoms. The van der Waals surface area contributed by atoms with E-state index >= 15 is 0 Å². The average molecular weight is 345 g/mol. The number of carbonyl (C=O) groups is 1. The summed E-state index contributed by atoms with van der Waals surface area (Å²) in [7, 11) is 0. The Labute approximate surface area is 139 Å². The maximum atomic E-state index is 12.4. The lowest BCUT2D eigenvalue weighted by Gasteiger charge is -2.42. The molecule has 0 spiro atoms.